The summed E-state index contributed by atoms with van der Waals surface area (Å²) in [6, 6.07) is 6.23. The molecule has 2 saturated heterocycles. The van der Waals surface area contributed by atoms with E-state index in [2.05, 4.69) is 29.0 Å². The minimum absolute atomic E-state index is 0.339. The topological polar surface area (TPSA) is 34.2 Å². The Bertz CT molecular complexity index is 543. The van der Waals surface area contributed by atoms with Crippen LogP contribution in [0, 0.1) is 0 Å². The second-order valence-electron chi connectivity index (χ2n) is 6.95. The highest BCUT2D eigenvalue weighted by atomic mass is 16.7. The first kappa shape index (κ1) is 15.2. The normalized spacial score (nSPS) is 28.4. The molecule has 3 aliphatic rings. The quantitative estimate of drug-likeness (QED) is 0.845. The Labute approximate surface area is 138 Å². The molecular weight excluding hydrogens is 292 g/mol. The molecular formula is C18H26N2O3. The van der Waals surface area contributed by atoms with Crippen molar-refractivity contribution in [1.29, 1.82) is 0 Å². The number of benzene rings is 1. The molecule has 23 heavy (non-hydrogen) atoms. The predicted octanol–water partition coefficient (Wildman–Crippen LogP) is 1.75. The Morgan fingerprint density at radius 3 is 2.65 bits per heavy atom. The van der Waals surface area contributed by atoms with Crippen molar-refractivity contribution in [3.8, 4) is 11.5 Å². The summed E-state index contributed by atoms with van der Waals surface area (Å²) in [5, 5.41) is 0. The third-order valence-corrected chi connectivity index (χ3v) is 5.15. The molecule has 4 rings (SSSR count). The molecule has 1 aromatic rings. The zero-order valence-electron chi connectivity index (χ0n) is 13.9. The molecule has 2 atom stereocenters. The smallest absolute Gasteiger partial charge is 0.231 e. The van der Waals surface area contributed by atoms with E-state index in [0.717, 1.165) is 30.9 Å². The highest BCUT2D eigenvalue weighted by molar-refractivity contribution is 5.44. The van der Waals surface area contributed by atoms with Crippen LogP contribution >= 0.6 is 0 Å². The number of hydrogen-bond acceptors (Lipinski definition) is 5. The minimum atomic E-state index is 0.339. The Balaban J connectivity index is 1.27. The molecule has 5 heteroatoms. The number of hydrogen-bond donors (Lipinski definition) is 0. The number of rotatable bonds is 4. The van der Waals surface area contributed by atoms with Crippen molar-refractivity contribution in [1.82, 2.24) is 9.80 Å². The highest BCUT2D eigenvalue weighted by Gasteiger charge is 2.28. The summed E-state index contributed by atoms with van der Waals surface area (Å²) in [6.45, 7) is 6.12. The molecule has 1 aromatic carbocycles. The van der Waals surface area contributed by atoms with Crippen LogP contribution in [0.2, 0.25) is 0 Å². The van der Waals surface area contributed by atoms with Crippen LogP contribution in [0.5, 0.6) is 11.5 Å². The van der Waals surface area contributed by atoms with Gasteiger partial charge in [0, 0.05) is 32.7 Å². The summed E-state index contributed by atoms with van der Waals surface area (Å²) in [5.74, 6) is 1.73. The highest BCUT2D eigenvalue weighted by Crippen LogP contribution is 2.33. The average Bonchev–Trinajstić information content (AvgIpc) is 3.18. The lowest BCUT2D eigenvalue weighted by Gasteiger charge is -2.33. The van der Waals surface area contributed by atoms with Gasteiger partial charge in [0.2, 0.25) is 6.79 Å². The zero-order chi connectivity index (χ0) is 15.6. The first-order valence-electron chi connectivity index (χ1n) is 8.71. The van der Waals surface area contributed by atoms with Gasteiger partial charge in [0.05, 0.1) is 12.2 Å². The fraction of sp³-hybridized carbons (Fsp3) is 0.667. The van der Waals surface area contributed by atoms with Crippen LogP contribution in [-0.4, -0.2) is 68.6 Å². The van der Waals surface area contributed by atoms with Crippen LogP contribution in [-0.2, 0) is 11.2 Å². The van der Waals surface area contributed by atoms with Crippen LogP contribution < -0.4 is 9.47 Å². The average molecular weight is 318 g/mol. The van der Waals surface area contributed by atoms with E-state index in [1.807, 2.05) is 6.07 Å². The summed E-state index contributed by atoms with van der Waals surface area (Å²) in [7, 11) is 2.20. The maximum Gasteiger partial charge on any atom is 0.231 e. The van der Waals surface area contributed by atoms with Gasteiger partial charge in [-0.05, 0) is 44.0 Å². The number of fused-ring (bicyclic) bond motifs is 1. The molecule has 0 unspecified atom stereocenters. The molecule has 0 N–H and O–H groups in total. The molecule has 0 amide bonds. The third kappa shape index (κ3) is 3.62. The SMILES string of the molecule is CN1CCN(C[C@@H]2CC[C@H](Cc3ccc4c(c3)OCO4)O2)CC1. The van der Waals surface area contributed by atoms with Crippen LogP contribution in [0.25, 0.3) is 0 Å². The lowest BCUT2D eigenvalue weighted by atomic mass is 10.0. The fourth-order valence-electron chi connectivity index (χ4n) is 3.71. The Morgan fingerprint density at radius 1 is 1.00 bits per heavy atom. The van der Waals surface area contributed by atoms with Crippen LogP contribution in [0.4, 0.5) is 0 Å². The zero-order valence-corrected chi connectivity index (χ0v) is 13.9. The van der Waals surface area contributed by atoms with Gasteiger partial charge in [-0.25, -0.2) is 0 Å². The van der Waals surface area contributed by atoms with Crippen molar-refractivity contribution in [2.45, 2.75) is 31.5 Å². The van der Waals surface area contributed by atoms with E-state index >= 15 is 0 Å². The summed E-state index contributed by atoms with van der Waals surface area (Å²) in [4.78, 5) is 4.95. The van der Waals surface area contributed by atoms with E-state index in [9.17, 15) is 0 Å². The van der Waals surface area contributed by atoms with Gasteiger partial charge in [0.15, 0.2) is 11.5 Å². The lowest BCUT2D eigenvalue weighted by Crippen LogP contribution is -2.47. The molecule has 0 aliphatic carbocycles. The Morgan fingerprint density at radius 2 is 1.78 bits per heavy atom. The van der Waals surface area contributed by atoms with E-state index in [1.54, 1.807) is 0 Å². The van der Waals surface area contributed by atoms with Crippen molar-refractivity contribution < 1.29 is 14.2 Å². The van der Waals surface area contributed by atoms with Crippen molar-refractivity contribution >= 4 is 0 Å². The van der Waals surface area contributed by atoms with Gasteiger partial charge in [-0.15, -0.1) is 0 Å². The van der Waals surface area contributed by atoms with E-state index < -0.39 is 0 Å². The molecule has 0 spiro atoms. The number of likely N-dealkylation sites (N-methyl/N-ethyl adjacent to an activating group) is 1. The van der Waals surface area contributed by atoms with E-state index in [-0.39, 0.29) is 0 Å². The predicted molar refractivity (Wildman–Crippen MR) is 88.1 cm³/mol. The van der Waals surface area contributed by atoms with E-state index in [4.69, 9.17) is 14.2 Å². The number of nitrogens with zero attached hydrogens (tertiary/aromatic N) is 2. The molecule has 126 valence electrons. The molecule has 0 radical (unpaired) electrons. The van der Waals surface area contributed by atoms with Crippen molar-refractivity contribution in [3.63, 3.8) is 0 Å². The van der Waals surface area contributed by atoms with Crippen LogP contribution in [0.1, 0.15) is 18.4 Å². The summed E-state index contributed by atoms with van der Waals surface area (Å²) in [6.07, 6.45) is 4.05. The minimum Gasteiger partial charge on any atom is -0.454 e. The second kappa shape index (κ2) is 6.67. The first-order chi connectivity index (χ1) is 11.3. The molecule has 3 aliphatic heterocycles. The molecule has 0 bridgehead atoms. The van der Waals surface area contributed by atoms with Gasteiger partial charge in [-0.3, -0.25) is 4.90 Å². The fourth-order valence-corrected chi connectivity index (χ4v) is 3.71. The maximum atomic E-state index is 6.29. The first-order valence-corrected chi connectivity index (χ1v) is 8.71. The van der Waals surface area contributed by atoms with Gasteiger partial charge in [0.1, 0.15) is 0 Å². The van der Waals surface area contributed by atoms with Gasteiger partial charge in [-0.1, -0.05) is 6.07 Å². The maximum absolute atomic E-state index is 6.29. The van der Waals surface area contributed by atoms with Crippen molar-refractivity contribution in [2.75, 3.05) is 46.6 Å². The monoisotopic (exact) mass is 318 g/mol. The molecule has 2 fully saturated rings. The molecule has 5 nitrogen and oxygen atoms in total. The van der Waals surface area contributed by atoms with Gasteiger partial charge >= 0.3 is 0 Å². The second-order valence-corrected chi connectivity index (χ2v) is 6.95. The summed E-state index contributed by atoms with van der Waals surface area (Å²) < 4.78 is 17.1. The number of ether oxygens (including phenoxy) is 3. The van der Waals surface area contributed by atoms with Gasteiger partial charge in [-0.2, -0.15) is 0 Å². The Kier molecular flexibility index (Phi) is 4.42. The largest absolute Gasteiger partial charge is 0.454 e. The molecule has 3 heterocycles. The van der Waals surface area contributed by atoms with Crippen molar-refractivity contribution in [2.24, 2.45) is 0 Å². The Hall–Kier alpha value is -1.30. The number of piperazine rings is 1. The molecule has 0 aromatic heterocycles. The van der Waals surface area contributed by atoms with Gasteiger partial charge < -0.3 is 19.1 Å². The third-order valence-electron chi connectivity index (χ3n) is 5.15. The van der Waals surface area contributed by atoms with E-state index in [1.165, 1.54) is 38.2 Å². The summed E-state index contributed by atoms with van der Waals surface area (Å²) >= 11 is 0. The lowest BCUT2D eigenvalue weighted by molar-refractivity contribution is 0.0146. The van der Waals surface area contributed by atoms with Gasteiger partial charge in [0.25, 0.3) is 0 Å². The van der Waals surface area contributed by atoms with Crippen molar-refractivity contribution in [3.05, 3.63) is 23.8 Å². The molecule has 0 saturated carbocycles. The summed E-state index contributed by atoms with van der Waals surface area (Å²) in [5.41, 5.74) is 1.28. The standard InChI is InChI=1S/C18H26N2O3/c1-19-6-8-20(9-7-19)12-16-4-3-15(23-16)10-14-2-5-17-18(11-14)22-13-21-17/h2,5,11,15-16H,3-4,6-10,12-13H2,1H3/t15-,16+/m1/s1. The van der Waals surface area contributed by atoms with E-state index in [0.29, 0.717) is 19.0 Å². The van der Waals surface area contributed by atoms with Crippen LogP contribution in [0.15, 0.2) is 18.2 Å². The van der Waals surface area contributed by atoms with Crippen LogP contribution in [0.3, 0.4) is 0 Å².